The number of hydrogen-bond donors (Lipinski definition) is 2. The Kier molecular flexibility index (Phi) is 4.74. The van der Waals surface area contributed by atoms with Crippen LogP contribution in [0.4, 0.5) is 28.9 Å². The molecule has 1 aromatic carbocycles. The van der Waals surface area contributed by atoms with Crippen LogP contribution in [0.5, 0.6) is 0 Å². The van der Waals surface area contributed by atoms with E-state index in [0.717, 1.165) is 0 Å². The third-order valence-electron chi connectivity index (χ3n) is 3.18. The quantitative estimate of drug-likeness (QED) is 0.354. The number of carbonyl (C=O) groups excluding carboxylic acids is 2. The zero-order valence-electron chi connectivity index (χ0n) is 12.1. The Morgan fingerprint density at radius 1 is 1.28 bits per heavy atom. The van der Waals surface area contributed by atoms with Gasteiger partial charge in [-0.2, -0.15) is 17.6 Å². The summed E-state index contributed by atoms with van der Waals surface area (Å²) in [4.78, 5) is 33.4. The number of nitro groups is 1. The number of nitrogens with zero attached hydrogens (tertiary/aromatic N) is 2. The van der Waals surface area contributed by atoms with Crippen LogP contribution >= 0.6 is 0 Å². The Bertz CT molecular complexity index is 791. The predicted octanol–water partition coefficient (Wildman–Crippen LogP) is 1.41. The molecule has 8 nitrogen and oxygen atoms in total. The van der Waals surface area contributed by atoms with Gasteiger partial charge in [-0.05, 0) is 6.07 Å². The summed E-state index contributed by atoms with van der Waals surface area (Å²) in [5.74, 6) is -3.51. The molecule has 0 saturated heterocycles. The second-order valence-electron chi connectivity index (χ2n) is 4.81. The normalized spacial score (nSPS) is 14.8. The van der Waals surface area contributed by atoms with Gasteiger partial charge in [0.1, 0.15) is 5.70 Å². The van der Waals surface area contributed by atoms with Gasteiger partial charge in [-0.15, -0.1) is 0 Å². The van der Waals surface area contributed by atoms with Crippen molar-refractivity contribution in [3.63, 3.8) is 0 Å². The molecule has 2 amide bonds. The summed E-state index contributed by atoms with van der Waals surface area (Å²) >= 11 is 0. The number of nitro benzene ring substituents is 1. The fourth-order valence-electron chi connectivity index (χ4n) is 2.05. The molecule has 2 rings (SSSR count). The average molecular weight is 363 g/mol. The monoisotopic (exact) mass is 363 g/mol. The van der Waals surface area contributed by atoms with E-state index >= 15 is 0 Å². The second-order valence-corrected chi connectivity index (χ2v) is 4.81. The number of rotatable bonds is 5. The van der Waals surface area contributed by atoms with Crippen molar-refractivity contribution in [2.45, 2.75) is 6.18 Å². The lowest BCUT2D eigenvalue weighted by Gasteiger charge is -2.14. The summed E-state index contributed by atoms with van der Waals surface area (Å²) in [5, 5.41) is 21.5. The maximum atomic E-state index is 14.1. The first-order chi connectivity index (χ1) is 11.6. The van der Waals surface area contributed by atoms with Gasteiger partial charge < -0.3 is 10.4 Å². The second kappa shape index (κ2) is 6.47. The topological polar surface area (TPSA) is 113 Å². The number of anilines is 1. The molecule has 0 aromatic heterocycles. The van der Waals surface area contributed by atoms with Crippen LogP contribution in [0.15, 0.2) is 23.9 Å². The molecule has 0 atom stereocenters. The number of β-amino-alcohol motifs (C(OH)–C–C–N with tert-alkyl or cyclic N) is 1. The minimum atomic E-state index is -5.00. The Balaban J connectivity index is 2.45. The van der Waals surface area contributed by atoms with Crippen molar-refractivity contribution in [2.24, 2.45) is 0 Å². The number of hydrogen-bond acceptors (Lipinski definition) is 6. The lowest BCUT2D eigenvalue weighted by Crippen LogP contribution is -2.34. The van der Waals surface area contributed by atoms with Crippen molar-refractivity contribution in [1.82, 2.24) is 4.90 Å². The van der Waals surface area contributed by atoms with E-state index in [2.05, 4.69) is 0 Å². The summed E-state index contributed by atoms with van der Waals surface area (Å²) in [6, 6.07) is 0.268. The highest BCUT2D eigenvalue weighted by Gasteiger charge is 2.36. The molecule has 1 aromatic rings. The van der Waals surface area contributed by atoms with E-state index in [4.69, 9.17) is 5.11 Å². The van der Waals surface area contributed by atoms with Crippen LogP contribution in [0.2, 0.25) is 0 Å². The van der Waals surface area contributed by atoms with Gasteiger partial charge in [-0.25, -0.2) is 0 Å². The highest BCUT2D eigenvalue weighted by Crippen LogP contribution is 2.36. The predicted molar refractivity (Wildman–Crippen MR) is 73.6 cm³/mol. The molecule has 0 saturated carbocycles. The van der Waals surface area contributed by atoms with E-state index in [1.54, 1.807) is 0 Å². The Labute approximate surface area is 136 Å². The van der Waals surface area contributed by atoms with Crippen molar-refractivity contribution in [3.05, 3.63) is 45.4 Å². The largest absolute Gasteiger partial charge is 0.416 e. The van der Waals surface area contributed by atoms with Crippen molar-refractivity contribution in [3.8, 4) is 0 Å². The summed E-state index contributed by atoms with van der Waals surface area (Å²) in [7, 11) is 0. The SMILES string of the molecule is O=C1C=C(Nc2cc(C(F)(F)F)cc([N+](=O)[O-])c2F)C(=O)N1CCO. The third kappa shape index (κ3) is 3.57. The summed E-state index contributed by atoms with van der Waals surface area (Å²) in [6.07, 6.45) is -4.31. The summed E-state index contributed by atoms with van der Waals surface area (Å²) < 4.78 is 52.5. The van der Waals surface area contributed by atoms with Crippen LogP contribution < -0.4 is 5.32 Å². The van der Waals surface area contributed by atoms with E-state index in [0.29, 0.717) is 11.0 Å². The lowest BCUT2D eigenvalue weighted by atomic mass is 10.1. The first-order valence-corrected chi connectivity index (χ1v) is 6.56. The van der Waals surface area contributed by atoms with Gasteiger partial charge in [-0.1, -0.05) is 0 Å². The third-order valence-corrected chi connectivity index (χ3v) is 3.18. The van der Waals surface area contributed by atoms with Crippen molar-refractivity contribution < 1.29 is 37.2 Å². The fourth-order valence-corrected chi connectivity index (χ4v) is 2.05. The van der Waals surface area contributed by atoms with Gasteiger partial charge in [-0.3, -0.25) is 24.6 Å². The van der Waals surface area contributed by atoms with Gasteiger partial charge in [0.15, 0.2) is 0 Å². The number of nitrogens with one attached hydrogen (secondary N) is 1. The molecule has 0 bridgehead atoms. The van der Waals surface area contributed by atoms with Crippen molar-refractivity contribution >= 4 is 23.2 Å². The zero-order chi connectivity index (χ0) is 18.9. The first kappa shape index (κ1) is 18.3. The molecule has 25 heavy (non-hydrogen) atoms. The maximum absolute atomic E-state index is 14.1. The number of aliphatic hydroxyl groups is 1. The molecule has 1 aliphatic rings. The van der Waals surface area contributed by atoms with E-state index in [1.165, 1.54) is 0 Å². The number of amides is 2. The molecular weight excluding hydrogens is 354 g/mol. The molecule has 1 aliphatic heterocycles. The molecule has 12 heteroatoms. The number of carbonyl (C=O) groups is 2. The smallest absolute Gasteiger partial charge is 0.395 e. The standard InChI is InChI=1S/C13H9F4N3O5/c14-11-7(3-6(13(15,16)17)4-9(11)20(24)25)18-8-5-10(22)19(1-2-21)12(8)23/h3-5,18,21H,1-2H2. The zero-order valence-corrected chi connectivity index (χ0v) is 12.1. The lowest BCUT2D eigenvalue weighted by molar-refractivity contribution is -0.387. The van der Waals surface area contributed by atoms with Gasteiger partial charge in [0.05, 0.1) is 29.3 Å². The number of imide groups is 1. The van der Waals surface area contributed by atoms with Gasteiger partial charge >= 0.3 is 11.9 Å². The molecule has 0 radical (unpaired) electrons. The van der Waals surface area contributed by atoms with Crippen molar-refractivity contribution in [1.29, 1.82) is 0 Å². The van der Waals surface area contributed by atoms with Gasteiger partial charge in [0.25, 0.3) is 11.8 Å². The minimum Gasteiger partial charge on any atom is -0.395 e. The Hall–Kier alpha value is -3.02. The average Bonchev–Trinajstić information content (AvgIpc) is 2.76. The fraction of sp³-hybridized carbons (Fsp3) is 0.231. The molecule has 0 unspecified atom stereocenters. The minimum absolute atomic E-state index is 0.0224. The maximum Gasteiger partial charge on any atom is 0.416 e. The number of halogens is 4. The van der Waals surface area contributed by atoms with Crippen LogP contribution in [-0.2, 0) is 15.8 Å². The number of benzene rings is 1. The molecule has 0 aliphatic carbocycles. The Morgan fingerprint density at radius 2 is 1.92 bits per heavy atom. The van der Waals surface area contributed by atoms with Crippen molar-refractivity contribution in [2.75, 3.05) is 18.5 Å². The van der Waals surface area contributed by atoms with Crippen LogP contribution in [0, 0.1) is 15.9 Å². The summed E-state index contributed by atoms with van der Waals surface area (Å²) in [6.45, 7) is -0.924. The highest BCUT2D eigenvalue weighted by molar-refractivity contribution is 6.17. The first-order valence-electron chi connectivity index (χ1n) is 6.56. The molecule has 134 valence electrons. The van der Waals surface area contributed by atoms with E-state index in [9.17, 15) is 37.3 Å². The number of aliphatic hydroxyl groups excluding tert-OH is 1. The van der Waals surface area contributed by atoms with Crippen LogP contribution in [0.25, 0.3) is 0 Å². The molecular formula is C13H9F4N3O5. The molecule has 0 fully saturated rings. The molecule has 1 heterocycles. The van der Waals surface area contributed by atoms with E-state index in [-0.39, 0.29) is 18.7 Å². The Morgan fingerprint density at radius 3 is 2.44 bits per heavy atom. The number of alkyl halides is 3. The summed E-state index contributed by atoms with van der Waals surface area (Å²) in [5.41, 5.74) is -4.51. The van der Waals surface area contributed by atoms with Gasteiger partial charge in [0, 0.05) is 12.1 Å². The highest BCUT2D eigenvalue weighted by atomic mass is 19.4. The van der Waals surface area contributed by atoms with Crippen LogP contribution in [-0.4, -0.2) is 39.9 Å². The van der Waals surface area contributed by atoms with Crippen LogP contribution in [0.3, 0.4) is 0 Å². The van der Waals surface area contributed by atoms with Gasteiger partial charge in [0.2, 0.25) is 5.82 Å². The van der Waals surface area contributed by atoms with E-state index in [1.807, 2.05) is 5.32 Å². The van der Waals surface area contributed by atoms with Crippen LogP contribution in [0.1, 0.15) is 5.56 Å². The molecule has 0 spiro atoms. The van der Waals surface area contributed by atoms with E-state index < -0.39 is 58.0 Å². The molecule has 2 N–H and O–H groups in total.